The molecular formula is C40H44F5N5O5. The van der Waals surface area contributed by atoms with Crippen LogP contribution in [-0.4, -0.2) is 51.3 Å². The van der Waals surface area contributed by atoms with Gasteiger partial charge in [0.05, 0.1) is 17.5 Å². The molecule has 1 aliphatic rings. The van der Waals surface area contributed by atoms with Crippen molar-refractivity contribution in [2.75, 3.05) is 5.32 Å². The number of carbonyl (C=O) groups is 4. The van der Waals surface area contributed by atoms with E-state index >= 15 is 0 Å². The molecule has 5 atom stereocenters. The summed E-state index contributed by atoms with van der Waals surface area (Å²) in [5, 5.41) is 20.7. The number of phenolic OH excluding ortho intramolecular Hbond substituents is 1. The number of para-hydroxylation sites is 1. The molecule has 5 rings (SSSR count). The molecule has 0 aliphatic heterocycles. The Morgan fingerprint density at radius 3 is 2.18 bits per heavy atom. The number of benzene rings is 3. The van der Waals surface area contributed by atoms with Crippen LogP contribution in [0.3, 0.4) is 0 Å². The van der Waals surface area contributed by atoms with Gasteiger partial charge in [-0.25, -0.2) is 8.78 Å². The van der Waals surface area contributed by atoms with Gasteiger partial charge < -0.3 is 31.4 Å². The molecule has 3 aromatic carbocycles. The fraction of sp³-hybridized carbons (Fsp3) is 0.400. The lowest BCUT2D eigenvalue weighted by atomic mass is 9.78. The molecular weight excluding hydrogens is 725 g/mol. The Bertz CT molecular complexity index is 2080. The largest absolute Gasteiger partial charge is 0.505 e. The maximum atomic E-state index is 14.7. The summed E-state index contributed by atoms with van der Waals surface area (Å²) < 4.78 is 70.7. The van der Waals surface area contributed by atoms with Crippen LogP contribution < -0.4 is 21.3 Å². The van der Waals surface area contributed by atoms with Crippen LogP contribution in [0, 0.1) is 23.5 Å². The van der Waals surface area contributed by atoms with Crippen LogP contribution in [0.2, 0.25) is 0 Å². The molecule has 0 radical (unpaired) electrons. The smallest absolute Gasteiger partial charge is 0.418 e. The molecule has 0 saturated heterocycles. The number of hydrogen-bond acceptors (Lipinski definition) is 5. The Balaban J connectivity index is 1.51. The quantitative estimate of drug-likeness (QED) is 0.0682. The Morgan fingerprint density at radius 1 is 0.873 bits per heavy atom. The van der Waals surface area contributed by atoms with E-state index < -0.39 is 82.2 Å². The first kappa shape index (κ1) is 40.7. The number of hydrogen-bond donors (Lipinski definition) is 6. The first-order valence-corrected chi connectivity index (χ1v) is 18.1. The molecule has 0 spiro atoms. The van der Waals surface area contributed by atoms with Crippen molar-refractivity contribution < 1.29 is 46.2 Å². The van der Waals surface area contributed by atoms with E-state index in [0.29, 0.717) is 24.1 Å². The standard InChI is InChI=1S/C40H44F5N5O5/c1-5-21(3)33(36(53)46-24-14-15-31(51)29(42)19-24)49-38(55)39(17-16-30-26(20-39)25-11-9-12-27(35(25)47-30)40(43,44)45)50-37(54)34(22(4)6-2)48-32(52)18-23-10-7-8-13-28(23)41/h7-15,19,21-22,33-34,47,51H,5-6,16-18,20H2,1-4H3,(H,46,53)(H,48,52)(H,49,55)(H,50,54)/t21?,22?,33-,34-,39+/m0/s1. The molecule has 55 heavy (non-hydrogen) atoms. The van der Waals surface area contributed by atoms with E-state index in [4.69, 9.17) is 0 Å². The van der Waals surface area contributed by atoms with Gasteiger partial charge in [0, 0.05) is 29.3 Å². The van der Waals surface area contributed by atoms with Crippen LogP contribution >= 0.6 is 0 Å². The number of phenols is 1. The number of aryl methyl sites for hydroxylation is 1. The summed E-state index contributed by atoms with van der Waals surface area (Å²) in [5.41, 5.74) is -1.95. The highest BCUT2D eigenvalue weighted by Gasteiger charge is 2.47. The monoisotopic (exact) mass is 769 g/mol. The summed E-state index contributed by atoms with van der Waals surface area (Å²) in [7, 11) is 0. The van der Waals surface area contributed by atoms with Gasteiger partial charge in [-0.3, -0.25) is 19.2 Å². The van der Waals surface area contributed by atoms with Gasteiger partial charge in [0.2, 0.25) is 23.6 Å². The van der Waals surface area contributed by atoms with Crippen molar-refractivity contribution in [2.24, 2.45) is 11.8 Å². The van der Waals surface area contributed by atoms with Gasteiger partial charge in [0.25, 0.3) is 0 Å². The molecule has 4 aromatic rings. The summed E-state index contributed by atoms with van der Waals surface area (Å²) in [6.07, 6.45) is -4.56. The van der Waals surface area contributed by atoms with Crippen molar-refractivity contribution in [1.82, 2.24) is 20.9 Å². The van der Waals surface area contributed by atoms with Gasteiger partial charge in [-0.15, -0.1) is 0 Å². The maximum absolute atomic E-state index is 14.7. The molecule has 0 fully saturated rings. The molecule has 294 valence electrons. The number of H-pyrrole nitrogens is 1. The summed E-state index contributed by atoms with van der Waals surface area (Å²) >= 11 is 0. The molecule has 0 saturated carbocycles. The predicted octanol–water partition coefficient (Wildman–Crippen LogP) is 6.46. The fourth-order valence-electron chi connectivity index (χ4n) is 6.91. The van der Waals surface area contributed by atoms with E-state index in [9.17, 15) is 46.2 Å². The van der Waals surface area contributed by atoms with Gasteiger partial charge in [-0.2, -0.15) is 13.2 Å². The molecule has 4 amide bonds. The summed E-state index contributed by atoms with van der Waals surface area (Å²) in [6, 6.07) is 10.2. The van der Waals surface area contributed by atoms with E-state index in [-0.39, 0.29) is 47.8 Å². The Morgan fingerprint density at radius 2 is 1.55 bits per heavy atom. The van der Waals surface area contributed by atoms with Crippen LogP contribution in [-0.2, 0) is 44.6 Å². The van der Waals surface area contributed by atoms with Gasteiger partial charge in [-0.05, 0) is 60.1 Å². The second-order valence-corrected chi connectivity index (χ2v) is 14.2. The average molecular weight is 770 g/mol. The third-order valence-corrected chi connectivity index (χ3v) is 10.5. The fourth-order valence-corrected chi connectivity index (χ4v) is 6.91. The third kappa shape index (κ3) is 8.92. The van der Waals surface area contributed by atoms with Crippen LogP contribution in [0.1, 0.15) is 69.3 Å². The number of fused-ring (bicyclic) bond motifs is 3. The van der Waals surface area contributed by atoms with Crippen molar-refractivity contribution in [3.8, 4) is 5.75 Å². The molecule has 1 heterocycles. The second-order valence-electron chi connectivity index (χ2n) is 14.2. The number of rotatable bonds is 13. The SMILES string of the molecule is CCC(C)[C@H](NC(=O)Cc1ccccc1F)C(=O)N[C@]1(C(=O)N[C@H](C(=O)Nc2ccc(O)c(F)c2)C(C)CC)CCc2[nH]c3c(C(F)(F)F)cccc3c2C1. The molecule has 10 nitrogen and oxygen atoms in total. The zero-order valence-corrected chi connectivity index (χ0v) is 30.8. The number of nitrogens with one attached hydrogen (secondary N) is 5. The lowest BCUT2D eigenvalue weighted by molar-refractivity contribution is -0.138. The third-order valence-electron chi connectivity index (χ3n) is 10.5. The topological polar surface area (TPSA) is 152 Å². The summed E-state index contributed by atoms with van der Waals surface area (Å²) in [4.78, 5) is 58.7. The highest BCUT2D eigenvalue weighted by Crippen LogP contribution is 2.40. The van der Waals surface area contributed by atoms with E-state index in [2.05, 4.69) is 26.3 Å². The number of halogens is 5. The number of anilines is 1. The zero-order valence-electron chi connectivity index (χ0n) is 30.8. The average Bonchev–Trinajstić information content (AvgIpc) is 3.51. The molecule has 15 heteroatoms. The first-order chi connectivity index (χ1) is 26.0. The normalized spacial score (nSPS) is 17.7. The first-order valence-electron chi connectivity index (χ1n) is 18.1. The van der Waals surface area contributed by atoms with Crippen molar-refractivity contribution in [3.63, 3.8) is 0 Å². The van der Waals surface area contributed by atoms with E-state index in [0.717, 1.165) is 18.2 Å². The predicted molar refractivity (Wildman–Crippen MR) is 196 cm³/mol. The number of carbonyl (C=O) groups excluding carboxylic acids is 4. The van der Waals surface area contributed by atoms with Crippen molar-refractivity contribution >= 4 is 40.2 Å². The minimum atomic E-state index is -4.68. The molecule has 6 N–H and O–H groups in total. The van der Waals surface area contributed by atoms with Gasteiger partial charge in [0.15, 0.2) is 11.6 Å². The van der Waals surface area contributed by atoms with Gasteiger partial charge in [0.1, 0.15) is 23.4 Å². The van der Waals surface area contributed by atoms with E-state index in [1.54, 1.807) is 33.8 Å². The van der Waals surface area contributed by atoms with Crippen LogP contribution in [0.4, 0.5) is 27.6 Å². The summed E-state index contributed by atoms with van der Waals surface area (Å²) in [5.74, 6) is -6.10. The molecule has 1 aliphatic carbocycles. The molecule has 2 unspecified atom stereocenters. The lowest BCUT2D eigenvalue weighted by Crippen LogP contribution is -2.67. The Labute approximate surface area is 314 Å². The minimum Gasteiger partial charge on any atom is -0.505 e. The van der Waals surface area contributed by atoms with E-state index in [1.165, 1.54) is 36.4 Å². The number of aromatic amines is 1. The highest BCUT2D eigenvalue weighted by molar-refractivity contribution is 6.01. The minimum absolute atomic E-state index is 0.00922. The number of aromatic hydroxyl groups is 1. The highest BCUT2D eigenvalue weighted by atomic mass is 19.4. The van der Waals surface area contributed by atoms with E-state index in [1.807, 2.05) is 0 Å². The molecule has 0 bridgehead atoms. The van der Waals surface area contributed by atoms with Crippen LogP contribution in [0.25, 0.3) is 10.9 Å². The van der Waals surface area contributed by atoms with Gasteiger partial charge in [-0.1, -0.05) is 70.9 Å². The van der Waals surface area contributed by atoms with Crippen molar-refractivity contribution in [1.29, 1.82) is 0 Å². The molecule has 1 aromatic heterocycles. The van der Waals surface area contributed by atoms with Gasteiger partial charge >= 0.3 is 6.18 Å². The number of alkyl halides is 3. The lowest BCUT2D eigenvalue weighted by Gasteiger charge is -2.39. The van der Waals surface area contributed by atoms with Crippen LogP contribution in [0.15, 0.2) is 60.7 Å². The van der Waals surface area contributed by atoms with Crippen LogP contribution in [0.5, 0.6) is 5.75 Å². The number of aromatic nitrogens is 1. The van der Waals surface area contributed by atoms with Crippen molar-refractivity contribution in [2.45, 2.75) is 90.0 Å². The zero-order chi connectivity index (χ0) is 40.2. The van der Waals surface area contributed by atoms with Crippen molar-refractivity contribution in [3.05, 3.63) is 94.7 Å². The Kier molecular flexibility index (Phi) is 12.2. The second kappa shape index (κ2) is 16.5. The maximum Gasteiger partial charge on any atom is 0.418 e. The Hall–Kier alpha value is -5.47. The number of amides is 4. The summed E-state index contributed by atoms with van der Waals surface area (Å²) in [6.45, 7) is 7.00.